The fourth-order valence-electron chi connectivity index (χ4n) is 8.10. The molecular formula is C35H40N4O. The number of anilines is 1. The van der Waals surface area contributed by atoms with Crippen LogP contribution in [0.5, 0.6) is 0 Å². The van der Waals surface area contributed by atoms with Crippen LogP contribution in [0.3, 0.4) is 0 Å². The lowest BCUT2D eigenvalue weighted by Crippen LogP contribution is -2.47. The number of fused-ring (bicyclic) bond motifs is 3. The largest absolute Gasteiger partial charge is 0.354 e. The van der Waals surface area contributed by atoms with Crippen LogP contribution in [0.25, 0.3) is 17.0 Å². The second-order valence-corrected chi connectivity index (χ2v) is 13.1. The van der Waals surface area contributed by atoms with E-state index in [1.807, 2.05) is 12.1 Å². The number of para-hydroxylation sites is 1. The minimum Gasteiger partial charge on any atom is -0.354 e. The molecule has 0 bridgehead atoms. The van der Waals surface area contributed by atoms with E-state index in [0.717, 1.165) is 55.9 Å². The first-order valence-electron chi connectivity index (χ1n) is 14.8. The van der Waals surface area contributed by atoms with E-state index >= 15 is 0 Å². The topological polar surface area (TPSA) is 58.5 Å². The van der Waals surface area contributed by atoms with Crippen LogP contribution in [0, 0.1) is 5.92 Å². The van der Waals surface area contributed by atoms with Gasteiger partial charge in [0.2, 0.25) is 0 Å². The Hall–Kier alpha value is -3.41. The van der Waals surface area contributed by atoms with Gasteiger partial charge in [0.15, 0.2) is 11.4 Å². The molecule has 2 atom stereocenters. The van der Waals surface area contributed by atoms with Crippen LogP contribution >= 0.6 is 0 Å². The molecule has 5 nitrogen and oxygen atoms in total. The summed E-state index contributed by atoms with van der Waals surface area (Å²) in [6, 6.07) is 24.0. The molecule has 7 rings (SSSR count). The van der Waals surface area contributed by atoms with Crippen molar-refractivity contribution in [3.63, 3.8) is 0 Å². The Kier molecular flexibility index (Phi) is 5.95. The summed E-state index contributed by atoms with van der Waals surface area (Å²) in [7, 11) is 0. The van der Waals surface area contributed by atoms with Crippen molar-refractivity contribution in [1.82, 2.24) is 10.1 Å². The summed E-state index contributed by atoms with van der Waals surface area (Å²) >= 11 is 0. The van der Waals surface area contributed by atoms with E-state index in [9.17, 15) is 0 Å². The third-order valence-electron chi connectivity index (χ3n) is 10.0. The minimum atomic E-state index is -0.0255. The van der Waals surface area contributed by atoms with E-state index in [1.54, 1.807) is 0 Å². The summed E-state index contributed by atoms with van der Waals surface area (Å²) in [5, 5.41) is 5.48. The SMILES string of the molecule is CC1(C)c2ccc(CCN3CCN(c4noc5ccccc45)CC3)cc2C(C)(C)C1C1=Cc2ccccc2C1N. The molecule has 0 radical (unpaired) electrons. The van der Waals surface area contributed by atoms with Crippen LogP contribution in [0.1, 0.15) is 61.6 Å². The highest BCUT2D eigenvalue weighted by Gasteiger charge is 2.54. The van der Waals surface area contributed by atoms with Crippen molar-refractivity contribution in [2.75, 3.05) is 37.6 Å². The zero-order valence-electron chi connectivity index (χ0n) is 24.2. The Bertz CT molecular complexity index is 1600. The Morgan fingerprint density at radius 2 is 1.60 bits per heavy atom. The molecule has 4 aromatic rings. The molecule has 2 heterocycles. The van der Waals surface area contributed by atoms with Gasteiger partial charge in [-0.1, -0.05) is 93.5 Å². The van der Waals surface area contributed by atoms with E-state index in [2.05, 4.69) is 103 Å². The number of benzene rings is 3. The Morgan fingerprint density at radius 3 is 2.40 bits per heavy atom. The van der Waals surface area contributed by atoms with Crippen LogP contribution in [-0.2, 0) is 17.3 Å². The standard InChI is InChI=1S/C35H40N4O/c1-34(2)28-14-13-23(15-16-38-17-19-39(20-18-38)33-26-11-7-8-12-30(26)40-37-33)21-29(28)35(3,4)32(34)27-22-24-9-5-6-10-25(24)31(27)36/h5-14,21-22,31-32H,15-20,36H2,1-4H3. The fraction of sp³-hybridized carbons (Fsp3) is 0.400. The zero-order chi connectivity index (χ0) is 27.6. The predicted octanol–water partition coefficient (Wildman–Crippen LogP) is 6.47. The lowest BCUT2D eigenvalue weighted by atomic mass is 9.65. The van der Waals surface area contributed by atoms with E-state index in [4.69, 9.17) is 10.3 Å². The maximum atomic E-state index is 6.89. The number of nitrogens with two attached hydrogens (primary N) is 1. The summed E-state index contributed by atoms with van der Waals surface area (Å²) < 4.78 is 5.55. The maximum Gasteiger partial charge on any atom is 0.180 e. The van der Waals surface area contributed by atoms with Crippen molar-refractivity contribution in [2.45, 2.75) is 51.0 Å². The summed E-state index contributed by atoms with van der Waals surface area (Å²) in [6.07, 6.45) is 3.44. The van der Waals surface area contributed by atoms with Crippen LogP contribution in [0.15, 0.2) is 76.8 Å². The number of nitrogens with zero attached hydrogens (tertiary/aromatic N) is 3. The Labute approximate surface area is 237 Å². The number of aromatic nitrogens is 1. The molecule has 2 aliphatic carbocycles. The summed E-state index contributed by atoms with van der Waals surface area (Å²) in [5.74, 6) is 1.34. The number of rotatable bonds is 5. The number of piperazine rings is 1. The lowest BCUT2D eigenvalue weighted by Gasteiger charge is -2.39. The van der Waals surface area contributed by atoms with E-state index in [1.165, 1.54) is 33.4 Å². The highest BCUT2D eigenvalue weighted by atomic mass is 16.5. The summed E-state index contributed by atoms with van der Waals surface area (Å²) in [5.41, 5.74) is 16.1. The van der Waals surface area contributed by atoms with Crippen LogP contribution in [-0.4, -0.2) is 42.8 Å². The highest BCUT2D eigenvalue weighted by Crippen LogP contribution is 2.59. The van der Waals surface area contributed by atoms with Gasteiger partial charge in [0.05, 0.1) is 11.4 Å². The zero-order valence-corrected chi connectivity index (χ0v) is 24.2. The third kappa shape index (κ3) is 3.93. The van der Waals surface area contributed by atoms with Crippen molar-refractivity contribution in [1.29, 1.82) is 0 Å². The Balaban J connectivity index is 1.05. The van der Waals surface area contributed by atoms with Gasteiger partial charge in [0.25, 0.3) is 0 Å². The minimum absolute atomic E-state index is 0.00628. The fourth-order valence-corrected chi connectivity index (χ4v) is 8.10. The second-order valence-electron chi connectivity index (χ2n) is 13.1. The van der Waals surface area contributed by atoms with E-state index < -0.39 is 0 Å². The summed E-state index contributed by atoms with van der Waals surface area (Å²) in [6.45, 7) is 14.8. The van der Waals surface area contributed by atoms with Crippen molar-refractivity contribution >= 4 is 22.9 Å². The van der Waals surface area contributed by atoms with Gasteiger partial charge in [-0.05, 0) is 62.8 Å². The van der Waals surface area contributed by atoms with E-state index in [0.29, 0.717) is 5.92 Å². The molecule has 5 heteroatoms. The third-order valence-corrected chi connectivity index (χ3v) is 10.0. The first kappa shape index (κ1) is 25.6. The van der Waals surface area contributed by atoms with Crippen molar-refractivity contribution in [3.8, 4) is 0 Å². The summed E-state index contributed by atoms with van der Waals surface area (Å²) in [4.78, 5) is 4.95. The van der Waals surface area contributed by atoms with Gasteiger partial charge in [-0.2, -0.15) is 0 Å². The monoisotopic (exact) mass is 532 g/mol. The molecule has 1 aliphatic heterocycles. The predicted molar refractivity (Wildman–Crippen MR) is 164 cm³/mol. The van der Waals surface area contributed by atoms with Gasteiger partial charge in [0.1, 0.15) is 0 Å². The molecule has 2 N–H and O–H groups in total. The molecule has 40 heavy (non-hydrogen) atoms. The smallest absolute Gasteiger partial charge is 0.180 e. The molecule has 206 valence electrons. The molecule has 0 saturated carbocycles. The average Bonchev–Trinajstić information content (AvgIpc) is 3.57. The molecule has 3 aromatic carbocycles. The second kappa shape index (κ2) is 9.32. The maximum absolute atomic E-state index is 6.89. The highest BCUT2D eigenvalue weighted by molar-refractivity contribution is 5.88. The molecule has 1 aromatic heterocycles. The lowest BCUT2D eigenvalue weighted by molar-refractivity contribution is 0.259. The van der Waals surface area contributed by atoms with Gasteiger partial charge in [-0.25, -0.2) is 0 Å². The van der Waals surface area contributed by atoms with Crippen molar-refractivity contribution < 1.29 is 4.52 Å². The van der Waals surface area contributed by atoms with Crippen LogP contribution < -0.4 is 10.6 Å². The Morgan fingerprint density at radius 1 is 0.875 bits per heavy atom. The quantitative estimate of drug-likeness (QED) is 0.319. The molecule has 1 saturated heterocycles. The molecule has 3 aliphatic rings. The van der Waals surface area contributed by atoms with Gasteiger partial charge in [-0.3, -0.25) is 4.90 Å². The first-order valence-corrected chi connectivity index (χ1v) is 14.8. The number of hydrogen-bond donors (Lipinski definition) is 1. The average molecular weight is 533 g/mol. The van der Waals surface area contributed by atoms with Gasteiger partial charge < -0.3 is 15.2 Å². The van der Waals surface area contributed by atoms with Crippen molar-refractivity contribution in [2.24, 2.45) is 11.7 Å². The van der Waals surface area contributed by atoms with Crippen LogP contribution in [0.2, 0.25) is 0 Å². The molecule has 0 spiro atoms. The number of hydrogen-bond acceptors (Lipinski definition) is 5. The molecule has 2 unspecified atom stereocenters. The molecular weight excluding hydrogens is 492 g/mol. The molecule has 1 fully saturated rings. The van der Waals surface area contributed by atoms with Crippen LogP contribution in [0.4, 0.5) is 5.82 Å². The van der Waals surface area contributed by atoms with E-state index in [-0.39, 0.29) is 16.9 Å². The normalized spacial score (nSPS) is 23.3. The van der Waals surface area contributed by atoms with Crippen molar-refractivity contribution in [3.05, 3.63) is 100 Å². The van der Waals surface area contributed by atoms with Gasteiger partial charge in [-0.15, -0.1) is 0 Å². The first-order chi connectivity index (χ1) is 19.2. The van der Waals surface area contributed by atoms with Gasteiger partial charge in [0, 0.05) is 38.6 Å². The van der Waals surface area contributed by atoms with Gasteiger partial charge >= 0.3 is 0 Å². The molecule has 0 amide bonds.